The second-order valence-corrected chi connectivity index (χ2v) is 9.30. The predicted octanol–water partition coefficient (Wildman–Crippen LogP) is 1.93. The van der Waals surface area contributed by atoms with Crippen LogP contribution in [0.25, 0.3) is 0 Å². The molecule has 2 rings (SSSR count). The Morgan fingerprint density at radius 2 is 2.06 bits per heavy atom. The smallest absolute Gasteiger partial charge is 0.0844 e. The molecule has 1 aliphatic heterocycles. The molecule has 0 spiro atoms. The normalized spacial score (nSPS) is 31.8. The van der Waals surface area contributed by atoms with E-state index in [9.17, 15) is 0 Å². The molecule has 3 nitrogen and oxygen atoms in total. The minimum Gasteiger partial charge on any atom is -0.382 e. The van der Waals surface area contributed by atoms with E-state index < -0.39 is 0 Å². The van der Waals surface area contributed by atoms with E-state index in [1.165, 1.54) is 31.7 Å². The maximum Gasteiger partial charge on any atom is 0.0844 e. The molecule has 0 bridgehead atoms. The van der Waals surface area contributed by atoms with Crippen molar-refractivity contribution in [1.82, 2.24) is 0 Å². The van der Waals surface area contributed by atoms with E-state index in [1.807, 2.05) is 0 Å². The zero-order chi connectivity index (χ0) is 13.0. The van der Waals surface area contributed by atoms with Gasteiger partial charge in [-0.05, 0) is 39.0 Å². The number of rotatable bonds is 8. The first-order valence-electron chi connectivity index (χ1n) is 7.39. The van der Waals surface area contributed by atoms with E-state index in [2.05, 4.69) is 13.8 Å². The topological polar surface area (TPSA) is 31.0 Å². The van der Waals surface area contributed by atoms with E-state index >= 15 is 0 Å². The lowest BCUT2D eigenvalue weighted by Gasteiger charge is -2.26. The standard InChI is InChI=1S/C14H28O3Si/c1-14(2,16-8-7-15-3)18-9-6-11-4-5-12-13(10-11)17-12/h11-13H,4-10,18H2,1-3H3. The first-order chi connectivity index (χ1) is 8.61. The lowest BCUT2D eigenvalue weighted by molar-refractivity contribution is 0.00866. The SMILES string of the molecule is COCCOC(C)(C)[SiH2]CCC1CCC2OC2C1. The molecule has 0 aromatic rings. The van der Waals surface area contributed by atoms with Crippen molar-refractivity contribution in [3.63, 3.8) is 0 Å². The van der Waals surface area contributed by atoms with Gasteiger partial charge in [0.2, 0.25) is 0 Å². The quantitative estimate of drug-likeness (QED) is 0.384. The highest BCUT2D eigenvalue weighted by atomic mass is 28.2. The van der Waals surface area contributed by atoms with Crippen molar-refractivity contribution in [2.45, 2.75) is 63.0 Å². The fourth-order valence-electron chi connectivity index (χ4n) is 3.04. The molecule has 3 atom stereocenters. The van der Waals surface area contributed by atoms with Crippen LogP contribution in [0.15, 0.2) is 0 Å². The molecule has 0 aromatic carbocycles. The van der Waals surface area contributed by atoms with E-state index in [0.717, 1.165) is 12.5 Å². The Kier molecular flexibility index (Phi) is 5.24. The number of ether oxygens (including phenoxy) is 3. The summed E-state index contributed by atoms with van der Waals surface area (Å²) in [4.78, 5) is 0. The monoisotopic (exact) mass is 272 g/mol. The van der Waals surface area contributed by atoms with Crippen molar-refractivity contribution in [2.75, 3.05) is 20.3 Å². The third-order valence-corrected chi connectivity index (χ3v) is 6.45. The van der Waals surface area contributed by atoms with Gasteiger partial charge in [0.1, 0.15) is 0 Å². The van der Waals surface area contributed by atoms with Crippen LogP contribution in [0.2, 0.25) is 6.04 Å². The van der Waals surface area contributed by atoms with Gasteiger partial charge in [-0.2, -0.15) is 0 Å². The summed E-state index contributed by atoms with van der Waals surface area (Å²) in [5, 5.41) is 0.131. The highest BCUT2D eigenvalue weighted by Crippen LogP contribution is 2.41. The Hall–Kier alpha value is 0.0969. The van der Waals surface area contributed by atoms with Gasteiger partial charge in [0.15, 0.2) is 0 Å². The summed E-state index contributed by atoms with van der Waals surface area (Å²) in [5.41, 5.74) is 0. The van der Waals surface area contributed by atoms with Gasteiger partial charge in [-0.15, -0.1) is 0 Å². The molecule has 3 unspecified atom stereocenters. The van der Waals surface area contributed by atoms with Crippen LogP contribution < -0.4 is 0 Å². The molecule has 2 fully saturated rings. The Bertz CT molecular complexity index is 257. The van der Waals surface area contributed by atoms with Crippen LogP contribution in [-0.4, -0.2) is 47.3 Å². The minimum atomic E-state index is -0.156. The maximum atomic E-state index is 5.90. The van der Waals surface area contributed by atoms with E-state index in [4.69, 9.17) is 14.2 Å². The molecule has 1 saturated heterocycles. The lowest BCUT2D eigenvalue weighted by Crippen LogP contribution is -2.33. The fourth-order valence-corrected chi connectivity index (χ4v) is 4.96. The van der Waals surface area contributed by atoms with Gasteiger partial charge < -0.3 is 14.2 Å². The number of fused-ring (bicyclic) bond motifs is 1. The van der Waals surface area contributed by atoms with Crippen molar-refractivity contribution in [3.8, 4) is 0 Å². The van der Waals surface area contributed by atoms with Gasteiger partial charge in [-0.3, -0.25) is 0 Å². The van der Waals surface area contributed by atoms with Crippen LogP contribution in [-0.2, 0) is 14.2 Å². The molecule has 1 heterocycles. The Balaban J connectivity index is 1.55. The average molecular weight is 272 g/mol. The third kappa shape index (κ3) is 4.65. The second-order valence-electron chi connectivity index (χ2n) is 6.39. The summed E-state index contributed by atoms with van der Waals surface area (Å²) >= 11 is 0. The van der Waals surface area contributed by atoms with Gasteiger partial charge in [0.05, 0.1) is 34.9 Å². The molecule has 18 heavy (non-hydrogen) atoms. The Morgan fingerprint density at radius 1 is 1.22 bits per heavy atom. The average Bonchev–Trinajstić information content (AvgIpc) is 3.07. The van der Waals surface area contributed by atoms with Crippen LogP contribution >= 0.6 is 0 Å². The summed E-state index contributed by atoms with van der Waals surface area (Å²) in [6.07, 6.45) is 6.70. The van der Waals surface area contributed by atoms with E-state index in [-0.39, 0.29) is 14.7 Å². The van der Waals surface area contributed by atoms with Gasteiger partial charge in [-0.1, -0.05) is 12.5 Å². The zero-order valence-electron chi connectivity index (χ0n) is 12.1. The number of hydrogen-bond acceptors (Lipinski definition) is 3. The number of hydrogen-bond donors (Lipinski definition) is 0. The van der Waals surface area contributed by atoms with Crippen molar-refractivity contribution >= 4 is 9.52 Å². The van der Waals surface area contributed by atoms with E-state index in [0.29, 0.717) is 18.8 Å². The first kappa shape index (κ1) is 14.5. The van der Waals surface area contributed by atoms with Crippen LogP contribution in [0.4, 0.5) is 0 Å². The molecule has 4 heteroatoms. The lowest BCUT2D eigenvalue weighted by atomic mass is 9.88. The largest absolute Gasteiger partial charge is 0.382 e. The Labute approximate surface area is 113 Å². The Morgan fingerprint density at radius 3 is 2.78 bits per heavy atom. The molecule has 2 aliphatic rings. The summed E-state index contributed by atoms with van der Waals surface area (Å²) in [5.74, 6) is 0.927. The molecule has 0 aromatic heterocycles. The van der Waals surface area contributed by atoms with E-state index in [1.54, 1.807) is 7.11 Å². The van der Waals surface area contributed by atoms with Gasteiger partial charge in [0, 0.05) is 12.3 Å². The van der Waals surface area contributed by atoms with Crippen molar-refractivity contribution < 1.29 is 14.2 Å². The highest BCUT2D eigenvalue weighted by Gasteiger charge is 2.43. The summed E-state index contributed by atoms with van der Waals surface area (Å²) in [6.45, 7) is 5.93. The third-order valence-electron chi connectivity index (χ3n) is 4.28. The molecule has 1 saturated carbocycles. The zero-order valence-corrected chi connectivity index (χ0v) is 13.5. The highest BCUT2D eigenvalue weighted by molar-refractivity contribution is 6.39. The summed E-state index contributed by atoms with van der Waals surface area (Å²) in [7, 11) is 1.57. The molecule has 0 radical (unpaired) electrons. The minimum absolute atomic E-state index is 0.131. The van der Waals surface area contributed by atoms with Crippen LogP contribution in [0.1, 0.15) is 39.5 Å². The predicted molar refractivity (Wildman–Crippen MR) is 75.9 cm³/mol. The van der Waals surface area contributed by atoms with Crippen LogP contribution in [0.3, 0.4) is 0 Å². The summed E-state index contributed by atoms with van der Waals surface area (Å²) in [6, 6.07) is 1.40. The molecule has 0 N–H and O–H groups in total. The maximum absolute atomic E-state index is 5.90. The van der Waals surface area contributed by atoms with Gasteiger partial charge >= 0.3 is 0 Å². The van der Waals surface area contributed by atoms with Gasteiger partial charge in [-0.25, -0.2) is 0 Å². The molecule has 106 valence electrons. The molecule has 0 amide bonds. The number of methoxy groups -OCH3 is 1. The first-order valence-corrected chi connectivity index (χ1v) is 9.10. The molecule has 1 aliphatic carbocycles. The van der Waals surface area contributed by atoms with Crippen molar-refractivity contribution in [2.24, 2.45) is 5.92 Å². The molecular weight excluding hydrogens is 244 g/mol. The number of epoxide rings is 1. The van der Waals surface area contributed by atoms with Crippen molar-refractivity contribution in [1.29, 1.82) is 0 Å². The van der Waals surface area contributed by atoms with Gasteiger partial charge in [0.25, 0.3) is 0 Å². The fraction of sp³-hybridized carbons (Fsp3) is 1.00. The second kappa shape index (κ2) is 6.50. The van der Waals surface area contributed by atoms with Crippen LogP contribution in [0, 0.1) is 5.92 Å². The summed E-state index contributed by atoms with van der Waals surface area (Å²) < 4.78 is 16.5. The van der Waals surface area contributed by atoms with Crippen LogP contribution in [0.5, 0.6) is 0 Å². The van der Waals surface area contributed by atoms with Crippen molar-refractivity contribution in [3.05, 3.63) is 0 Å². The molecular formula is C14H28O3Si.